The van der Waals surface area contributed by atoms with Crippen LogP contribution >= 0.6 is 27.5 Å². The van der Waals surface area contributed by atoms with E-state index in [9.17, 15) is 0 Å². The molecule has 17 heavy (non-hydrogen) atoms. The third kappa shape index (κ3) is 2.50. The monoisotopic (exact) mass is 314 g/mol. The molecule has 92 valence electrons. The van der Waals surface area contributed by atoms with E-state index in [4.69, 9.17) is 11.6 Å². The standard InChI is InChI=1S/C13H16BrClN2/c1-3-9(2)17-12-8-10(14)4-5-11(12)16-13(17)6-7-15/h4-5,8-9H,3,6-7H2,1-2H3. The molecule has 0 aliphatic rings. The Balaban J connectivity index is 2.64. The number of rotatable bonds is 4. The van der Waals surface area contributed by atoms with Crippen molar-refractivity contribution in [1.29, 1.82) is 0 Å². The number of hydrogen-bond acceptors (Lipinski definition) is 1. The number of nitrogens with zero attached hydrogens (tertiary/aromatic N) is 2. The fraction of sp³-hybridized carbons (Fsp3) is 0.462. The zero-order valence-electron chi connectivity index (χ0n) is 10.1. The number of imidazole rings is 1. The summed E-state index contributed by atoms with van der Waals surface area (Å²) < 4.78 is 3.40. The van der Waals surface area contributed by atoms with Crippen LogP contribution in [0.1, 0.15) is 32.1 Å². The maximum Gasteiger partial charge on any atom is 0.111 e. The first kappa shape index (κ1) is 12.9. The Bertz CT molecular complexity index is 521. The van der Waals surface area contributed by atoms with E-state index in [1.165, 1.54) is 5.52 Å². The second-order valence-electron chi connectivity index (χ2n) is 4.23. The molecular weight excluding hydrogens is 300 g/mol. The van der Waals surface area contributed by atoms with Gasteiger partial charge in [0.05, 0.1) is 11.0 Å². The van der Waals surface area contributed by atoms with Crippen LogP contribution in [0, 0.1) is 0 Å². The normalized spacial score (nSPS) is 13.2. The van der Waals surface area contributed by atoms with Crippen molar-refractivity contribution in [3.63, 3.8) is 0 Å². The van der Waals surface area contributed by atoms with Crippen molar-refractivity contribution >= 4 is 38.6 Å². The lowest BCUT2D eigenvalue weighted by Gasteiger charge is -2.15. The van der Waals surface area contributed by atoms with Crippen molar-refractivity contribution in [2.24, 2.45) is 0 Å². The van der Waals surface area contributed by atoms with Gasteiger partial charge in [0, 0.05) is 22.8 Å². The number of alkyl halides is 1. The Labute approximate surface area is 115 Å². The summed E-state index contributed by atoms with van der Waals surface area (Å²) in [6, 6.07) is 6.66. The van der Waals surface area contributed by atoms with Gasteiger partial charge in [-0.1, -0.05) is 22.9 Å². The van der Waals surface area contributed by atoms with Crippen LogP contribution in [0.3, 0.4) is 0 Å². The molecule has 0 amide bonds. The summed E-state index contributed by atoms with van der Waals surface area (Å²) in [7, 11) is 0. The summed E-state index contributed by atoms with van der Waals surface area (Å²) in [6.45, 7) is 4.42. The van der Waals surface area contributed by atoms with E-state index >= 15 is 0 Å². The van der Waals surface area contributed by atoms with E-state index in [0.29, 0.717) is 11.9 Å². The lowest BCUT2D eigenvalue weighted by molar-refractivity contribution is 0.524. The van der Waals surface area contributed by atoms with Crippen molar-refractivity contribution in [2.45, 2.75) is 32.7 Å². The molecule has 0 saturated heterocycles. The van der Waals surface area contributed by atoms with Crippen LogP contribution in [0.15, 0.2) is 22.7 Å². The number of hydrogen-bond donors (Lipinski definition) is 0. The molecule has 1 unspecified atom stereocenters. The highest BCUT2D eigenvalue weighted by molar-refractivity contribution is 9.10. The number of aryl methyl sites for hydroxylation is 1. The van der Waals surface area contributed by atoms with Crippen LogP contribution in [0.4, 0.5) is 0 Å². The summed E-state index contributed by atoms with van der Waals surface area (Å²) in [5.41, 5.74) is 2.24. The van der Waals surface area contributed by atoms with Gasteiger partial charge in [-0.3, -0.25) is 0 Å². The van der Waals surface area contributed by atoms with E-state index in [1.807, 2.05) is 6.07 Å². The van der Waals surface area contributed by atoms with Crippen LogP contribution < -0.4 is 0 Å². The van der Waals surface area contributed by atoms with E-state index in [1.54, 1.807) is 0 Å². The molecule has 0 N–H and O–H groups in total. The number of fused-ring (bicyclic) bond motifs is 1. The van der Waals surface area contributed by atoms with Crippen LogP contribution in [0.5, 0.6) is 0 Å². The first-order valence-electron chi connectivity index (χ1n) is 5.89. The second kappa shape index (κ2) is 5.40. The van der Waals surface area contributed by atoms with Crippen molar-refractivity contribution < 1.29 is 0 Å². The van der Waals surface area contributed by atoms with Gasteiger partial charge in [-0.25, -0.2) is 4.98 Å². The zero-order valence-corrected chi connectivity index (χ0v) is 12.4. The fourth-order valence-corrected chi connectivity index (χ4v) is 2.57. The molecule has 2 nitrogen and oxygen atoms in total. The smallest absolute Gasteiger partial charge is 0.111 e. The second-order valence-corrected chi connectivity index (χ2v) is 5.52. The van der Waals surface area contributed by atoms with Crippen LogP contribution in [-0.2, 0) is 6.42 Å². The summed E-state index contributed by atoms with van der Waals surface area (Å²) in [5.74, 6) is 1.70. The highest BCUT2D eigenvalue weighted by Gasteiger charge is 2.14. The molecule has 0 aliphatic heterocycles. The average Bonchev–Trinajstić information content (AvgIpc) is 2.66. The molecule has 0 saturated carbocycles. The maximum absolute atomic E-state index is 5.85. The lowest BCUT2D eigenvalue weighted by Crippen LogP contribution is -2.09. The van der Waals surface area contributed by atoms with Gasteiger partial charge < -0.3 is 4.57 Å². The molecule has 0 spiro atoms. The Morgan fingerprint density at radius 2 is 2.24 bits per heavy atom. The average molecular weight is 316 g/mol. The van der Waals surface area contributed by atoms with E-state index in [2.05, 4.69) is 51.5 Å². The van der Waals surface area contributed by atoms with Gasteiger partial charge in [-0.15, -0.1) is 11.6 Å². The molecule has 0 fully saturated rings. The molecule has 2 rings (SSSR count). The number of aromatic nitrogens is 2. The topological polar surface area (TPSA) is 17.8 Å². The summed E-state index contributed by atoms with van der Waals surface area (Å²) in [5, 5.41) is 0. The van der Waals surface area contributed by atoms with Crippen molar-refractivity contribution in [3.05, 3.63) is 28.5 Å². The first-order valence-corrected chi connectivity index (χ1v) is 7.22. The highest BCUT2D eigenvalue weighted by Crippen LogP contribution is 2.26. The van der Waals surface area contributed by atoms with Crippen LogP contribution in [0.2, 0.25) is 0 Å². The zero-order chi connectivity index (χ0) is 12.4. The van der Waals surface area contributed by atoms with Gasteiger partial charge in [-0.2, -0.15) is 0 Å². The number of halogens is 2. The molecule has 0 radical (unpaired) electrons. The predicted octanol–water partition coefficient (Wildman–Crippen LogP) is 4.55. The maximum atomic E-state index is 5.85. The first-order chi connectivity index (χ1) is 8.17. The van der Waals surface area contributed by atoms with Crippen molar-refractivity contribution in [1.82, 2.24) is 9.55 Å². The highest BCUT2D eigenvalue weighted by atomic mass is 79.9. The van der Waals surface area contributed by atoms with Gasteiger partial charge in [0.1, 0.15) is 5.82 Å². The molecule has 0 aliphatic carbocycles. The van der Waals surface area contributed by atoms with Gasteiger partial charge >= 0.3 is 0 Å². The Morgan fingerprint density at radius 3 is 2.88 bits per heavy atom. The molecule has 0 bridgehead atoms. The predicted molar refractivity (Wildman–Crippen MR) is 76.9 cm³/mol. The third-order valence-electron chi connectivity index (χ3n) is 3.07. The SMILES string of the molecule is CCC(C)n1c(CCCl)nc2ccc(Br)cc21. The minimum absolute atomic E-state index is 0.451. The third-order valence-corrected chi connectivity index (χ3v) is 3.76. The summed E-state index contributed by atoms with van der Waals surface area (Å²) in [4.78, 5) is 4.67. The molecule has 2 aromatic rings. The van der Waals surface area contributed by atoms with Crippen molar-refractivity contribution in [3.8, 4) is 0 Å². The molecular formula is C13H16BrClN2. The summed E-state index contributed by atoms with van der Waals surface area (Å²) in [6.07, 6.45) is 1.91. The molecule has 4 heteroatoms. The molecule has 1 heterocycles. The Kier molecular flexibility index (Phi) is 4.10. The minimum atomic E-state index is 0.451. The quantitative estimate of drug-likeness (QED) is 0.757. The van der Waals surface area contributed by atoms with E-state index in [-0.39, 0.29) is 0 Å². The van der Waals surface area contributed by atoms with E-state index < -0.39 is 0 Å². The Morgan fingerprint density at radius 1 is 1.47 bits per heavy atom. The minimum Gasteiger partial charge on any atom is -0.325 e. The van der Waals surface area contributed by atoms with Gasteiger partial charge in [0.15, 0.2) is 0 Å². The molecule has 1 aromatic heterocycles. The fourth-order valence-electron chi connectivity index (χ4n) is 2.05. The van der Waals surface area contributed by atoms with Gasteiger partial charge in [-0.05, 0) is 31.5 Å². The largest absolute Gasteiger partial charge is 0.325 e. The van der Waals surface area contributed by atoms with Crippen molar-refractivity contribution in [2.75, 3.05) is 5.88 Å². The molecule has 1 aromatic carbocycles. The van der Waals surface area contributed by atoms with Gasteiger partial charge in [0.25, 0.3) is 0 Å². The summed E-state index contributed by atoms with van der Waals surface area (Å²) >= 11 is 9.37. The van der Waals surface area contributed by atoms with Crippen LogP contribution in [0.25, 0.3) is 11.0 Å². The Hall–Kier alpha value is -0.540. The van der Waals surface area contributed by atoms with Crippen LogP contribution in [-0.4, -0.2) is 15.4 Å². The molecule has 1 atom stereocenters. The van der Waals surface area contributed by atoms with E-state index in [0.717, 1.165) is 28.7 Å². The number of benzene rings is 1. The lowest BCUT2D eigenvalue weighted by atomic mass is 10.2. The van der Waals surface area contributed by atoms with Gasteiger partial charge in [0.2, 0.25) is 0 Å².